The molecule has 0 radical (unpaired) electrons. The Labute approximate surface area is 217 Å². The number of pyridine rings is 1. The summed E-state index contributed by atoms with van der Waals surface area (Å²) in [4.78, 5) is 15.7. The third-order valence-electron chi connectivity index (χ3n) is 6.24. The minimum absolute atomic E-state index is 0.126. The molecule has 0 saturated carbocycles. The first-order chi connectivity index (χ1) is 17.9. The van der Waals surface area contributed by atoms with Gasteiger partial charge in [0.25, 0.3) is 0 Å². The molecular weight excluding hydrogens is 503 g/mol. The molecule has 5 rings (SSSR count). The van der Waals surface area contributed by atoms with Crippen molar-refractivity contribution in [2.75, 3.05) is 38.2 Å². The van der Waals surface area contributed by atoms with Gasteiger partial charge in [-0.2, -0.15) is 13.2 Å². The summed E-state index contributed by atoms with van der Waals surface area (Å²) in [5.41, 5.74) is 1.00. The fraction of sp³-hybridized carbons (Fsp3) is 0.296. The second-order valence-electron chi connectivity index (χ2n) is 8.77. The van der Waals surface area contributed by atoms with Crippen molar-refractivity contribution in [1.29, 1.82) is 0 Å². The minimum atomic E-state index is -4.52. The van der Waals surface area contributed by atoms with Gasteiger partial charge in [-0.3, -0.25) is 9.88 Å². The van der Waals surface area contributed by atoms with Crippen LogP contribution >= 0.6 is 11.6 Å². The van der Waals surface area contributed by atoms with E-state index in [-0.39, 0.29) is 5.69 Å². The van der Waals surface area contributed by atoms with Crippen molar-refractivity contribution in [3.8, 4) is 11.3 Å². The van der Waals surface area contributed by atoms with Crippen LogP contribution in [0, 0.1) is 0 Å². The van der Waals surface area contributed by atoms with Crippen LogP contribution in [0.5, 0.6) is 0 Å². The number of hydrogen-bond donors (Lipinski definition) is 1. The average Bonchev–Trinajstić information content (AvgIpc) is 2.89. The molecule has 1 aliphatic rings. The number of hydrogen-bond acceptors (Lipinski definition) is 6. The summed E-state index contributed by atoms with van der Waals surface area (Å²) < 4.78 is 46.4. The summed E-state index contributed by atoms with van der Waals surface area (Å²) in [6.45, 7) is 3.90. The zero-order valence-electron chi connectivity index (χ0n) is 19.9. The minimum Gasteiger partial charge on any atom is -0.379 e. The molecule has 1 saturated heterocycles. The lowest BCUT2D eigenvalue weighted by molar-refractivity contribution is -0.137. The highest BCUT2D eigenvalue weighted by atomic mass is 35.5. The van der Waals surface area contributed by atoms with Gasteiger partial charge in [0.1, 0.15) is 11.6 Å². The van der Waals surface area contributed by atoms with Crippen LogP contribution in [0.4, 0.5) is 19.0 Å². The Balaban J connectivity index is 1.50. The number of alkyl halides is 3. The highest BCUT2D eigenvalue weighted by molar-refractivity contribution is 6.31. The molecule has 0 unspecified atom stereocenters. The molecule has 0 amide bonds. The van der Waals surface area contributed by atoms with Crippen molar-refractivity contribution >= 4 is 28.3 Å². The molecule has 37 heavy (non-hydrogen) atoms. The van der Waals surface area contributed by atoms with E-state index in [1.165, 1.54) is 12.3 Å². The number of ether oxygens (including phenoxy) is 1. The van der Waals surface area contributed by atoms with Gasteiger partial charge < -0.3 is 10.1 Å². The quantitative estimate of drug-likeness (QED) is 0.325. The van der Waals surface area contributed by atoms with Crippen LogP contribution in [0.15, 0.2) is 60.8 Å². The van der Waals surface area contributed by atoms with E-state index in [1.54, 1.807) is 18.2 Å². The molecule has 1 N–H and O–H groups in total. The SMILES string of the molecule is FC(F)(F)c1cccnc1-c1ccc2c(NCCc3ccccc3Cl)nc(CN3CCOCC3)nc2c1. The van der Waals surface area contributed by atoms with Crippen molar-refractivity contribution in [1.82, 2.24) is 19.9 Å². The second-order valence-corrected chi connectivity index (χ2v) is 9.18. The summed E-state index contributed by atoms with van der Waals surface area (Å²) >= 11 is 6.30. The van der Waals surface area contributed by atoms with E-state index >= 15 is 0 Å². The molecule has 6 nitrogen and oxygen atoms in total. The number of rotatable bonds is 7. The summed E-state index contributed by atoms with van der Waals surface area (Å²) in [5.74, 6) is 1.22. The maximum Gasteiger partial charge on any atom is 0.418 e. The normalized spacial score (nSPS) is 14.7. The van der Waals surface area contributed by atoms with Gasteiger partial charge in [0.15, 0.2) is 0 Å². The van der Waals surface area contributed by atoms with E-state index in [1.807, 2.05) is 24.3 Å². The number of fused-ring (bicyclic) bond motifs is 1. The molecule has 192 valence electrons. The first-order valence-corrected chi connectivity index (χ1v) is 12.4. The van der Waals surface area contributed by atoms with E-state index in [9.17, 15) is 13.2 Å². The third kappa shape index (κ3) is 6.01. The number of anilines is 1. The lowest BCUT2D eigenvalue weighted by atomic mass is 10.0. The van der Waals surface area contributed by atoms with Gasteiger partial charge in [0, 0.05) is 41.8 Å². The van der Waals surface area contributed by atoms with Crippen LogP contribution in [0.25, 0.3) is 22.2 Å². The average molecular weight is 528 g/mol. The van der Waals surface area contributed by atoms with Gasteiger partial charge in [-0.25, -0.2) is 9.97 Å². The smallest absolute Gasteiger partial charge is 0.379 e. The molecule has 10 heteroatoms. The van der Waals surface area contributed by atoms with E-state index < -0.39 is 11.7 Å². The van der Waals surface area contributed by atoms with Crippen LogP contribution in [0.1, 0.15) is 17.0 Å². The molecule has 3 heterocycles. The highest BCUT2D eigenvalue weighted by Crippen LogP contribution is 2.36. The van der Waals surface area contributed by atoms with Crippen LogP contribution in [0.3, 0.4) is 0 Å². The highest BCUT2D eigenvalue weighted by Gasteiger charge is 2.34. The first-order valence-electron chi connectivity index (χ1n) is 12.0. The molecule has 1 aliphatic heterocycles. The number of nitrogens with zero attached hydrogens (tertiary/aromatic N) is 4. The predicted octanol–water partition coefficient (Wildman–Crippen LogP) is 5.85. The van der Waals surface area contributed by atoms with Crippen LogP contribution in [-0.4, -0.2) is 52.7 Å². The molecule has 2 aromatic carbocycles. The Bertz CT molecular complexity index is 1390. The van der Waals surface area contributed by atoms with E-state index in [4.69, 9.17) is 26.3 Å². The van der Waals surface area contributed by atoms with E-state index in [0.717, 1.165) is 30.1 Å². The predicted molar refractivity (Wildman–Crippen MR) is 138 cm³/mol. The van der Waals surface area contributed by atoms with Gasteiger partial charge in [-0.15, -0.1) is 0 Å². The van der Waals surface area contributed by atoms with Gasteiger partial charge in [0.05, 0.1) is 36.5 Å². The zero-order chi connectivity index (χ0) is 25.8. The fourth-order valence-electron chi connectivity index (χ4n) is 4.37. The van der Waals surface area contributed by atoms with Crippen LogP contribution in [0.2, 0.25) is 5.02 Å². The van der Waals surface area contributed by atoms with Gasteiger partial charge in [-0.1, -0.05) is 35.9 Å². The van der Waals surface area contributed by atoms with E-state index in [2.05, 4.69) is 15.2 Å². The second kappa shape index (κ2) is 11.0. The molecule has 1 fully saturated rings. The molecule has 0 aliphatic carbocycles. The molecule has 0 atom stereocenters. The van der Waals surface area contributed by atoms with E-state index in [0.29, 0.717) is 60.5 Å². The maximum atomic E-state index is 13.6. The molecule has 0 spiro atoms. The van der Waals surface area contributed by atoms with Crippen LogP contribution in [-0.2, 0) is 23.9 Å². The summed E-state index contributed by atoms with van der Waals surface area (Å²) in [6, 6.07) is 15.0. The number of halogens is 4. The number of morpholine rings is 1. The Kier molecular flexibility index (Phi) is 7.55. The lowest BCUT2D eigenvalue weighted by Crippen LogP contribution is -2.36. The largest absolute Gasteiger partial charge is 0.418 e. The van der Waals surface area contributed by atoms with Crippen molar-refractivity contribution in [3.05, 3.63) is 82.8 Å². The molecule has 0 bridgehead atoms. The zero-order valence-corrected chi connectivity index (χ0v) is 20.7. The topological polar surface area (TPSA) is 63.2 Å². The Morgan fingerprint density at radius 2 is 1.81 bits per heavy atom. The Hall–Kier alpha value is -3.27. The van der Waals surface area contributed by atoms with Gasteiger partial charge >= 0.3 is 6.18 Å². The van der Waals surface area contributed by atoms with Crippen molar-refractivity contribution in [2.24, 2.45) is 0 Å². The Morgan fingerprint density at radius 1 is 1.00 bits per heavy atom. The van der Waals surface area contributed by atoms with Crippen molar-refractivity contribution in [2.45, 2.75) is 19.1 Å². The summed E-state index contributed by atoms with van der Waals surface area (Å²) in [7, 11) is 0. The molecular formula is C27H25ClF3N5O. The monoisotopic (exact) mass is 527 g/mol. The van der Waals surface area contributed by atoms with Crippen molar-refractivity contribution < 1.29 is 17.9 Å². The first kappa shape index (κ1) is 25.4. The van der Waals surface area contributed by atoms with Crippen LogP contribution < -0.4 is 5.32 Å². The molecule has 4 aromatic rings. The fourth-order valence-corrected chi connectivity index (χ4v) is 4.60. The summed E-state index contributed by atoms with van der Waals surface area (Å²) in [6.07, 6.45) is -2.47. The maximum absolute atomic E-state index is 13.6. The lowest BCUT2D eigenvalue weighted by Gasteiger charge is -2.26. The number of benzene rings is 2. The van der Waals surface area contributed by atoms with Gasteiger partial charge in [0.2, 0.25) is 0 Å². The number of nitrogens with one attached hydrogen (secondary N) is 1. The Morgan fingerprint density at radius 3 is 2.59 bits per heavy atom. The van der Waals surface area contributed by atoms with Gasteiger partial charge in [-0.05, 0) is 42.3 Å². The van der Waals surface area contributed by atoms with Crippen molar-refractivity contribution in [3.63, 3.8) is 0 Å². The number of aromatic nitrogens is 3. The third-order valence-corrected chi connectivity index (χ3v) is 6.61. The standard InChI is InChI=1S/C27H25ClF3N5O/c28-22-6-2-1-4-18(22)9-11-33-26-20-8-7-19(25-21(27(29,30)31)5-3-10-32-25)16-23(20)34-24(35-26)17-36-12-14-37-15-13-36/h1-8,10,16H,9,11-15,17H2,(H,33,34,35). The molecule has 2 aromatic heterocycles. The summed E-state index contributed by atoms with van der Waals surface area (Å²) in [5, 5.41) is 4.81.